The van der Waals surface area contributed by atoms with Gasteiger partial charge in [-0.05, 0) is 44.0 Å². The molecule has 19 heavy (non-hydrogen) atoms. The molecule has 1 aromatic carbocycles. The van der Waals surface area contributed by atoms with Crippen LogP contribution in [0.1, 0.15) is 37.8 Å². The van der Waals surface area contributed by atoms with E-state index in [1.165, 1.54) is 20.8 Å². The zero-order valence-corrected chi connectivity index (χ0v) is 11.2. The maximum Gasteiger partial charge on any atom is 0.310 e. The van der Waals surface area contributed by atoms with Gasteiger partial charge in [0.05, 0.1) is 5.92 Å². The molecule has 1 heterocycles. The molecule has 0 aliphatic carbocycles. The van der Waals surface area contributed by atoms with E-state index in [1.54, 1.807) is 12.1 Å². The topological polar surface area (TPSA) is 55.8 Å². The van der Waals surface area contributed by atoms with E-state index in [9.17, 15) is 9.18 Å². The van der Waals surface area contributed by atoms with Crippen molar-refractivity contribution in [3.63, 3.8) is 0 Å². The molecule has 1 aliphatic heterocycles. The Balaban J connectivity index is 2.59. The highest BCUT2D eigenvalue weighted by Crippen LogP contribution is 2.41. The van der Waals surface area contributed by atoms with E-state index in [-0.39, 0.29) is 0 Å². The lowest BCUT2D eigenvalue weighted by Gasteiger charge is -2.26. The van der Waals surface area contributed by atoms with Crippen LogP contribution in [0.4, 0.5) is 4.39 Å². The van der Waals surface area contributed by atoms with E-state index in [2.05, 4.69) is 0 Å². The minimum atomic E-state index is -1.64. The second kappa shape index (κ2) is 4.72. The van der Waals surface area contributed by atoms with Gasteiger partial charge < -0.3 is 14.6 Å². The predicted octanol–water partition coefficient (Wildman–Crippen LogP) is 2.85. The van der Waals surface area contributed by atoms with Crippen molar-refractivity contribution in [1.82, 2.24) is 0 Å². The summed E-state index contributed by atoms with van der Waals surface area (Å²) in [6.07, 6.45) is 0. The molecule has 2 rings (SSSR count). The molecular weight excluding hydrogens is 251 g/mol. The quantitative estimate of drug-likeness (QED) is 0.915. The van der Waals surface area contributed by atoms with Gasteiger partial charge in [-0.15, -0.1) is 0 Å². The number of fused-ring (bicyclic) bond motifs is 1. The van der Waals surface area contributed by atoms with Crippen molar-refractivity contribution in [2.45, 2.75) is 32.4 Å². The van der Waals surface area contributed by atoms with Crippen molar-refractivity contribution >= 4 is 5.97 Å². The minimum Gasteiger partial charge on any atom is -0.486 e. The summed E-state index contributed by atoms with van der Waals surface area (Å²) in [6.45, 7) is 5.15. The van der Waals surface area contributed by atoms with Crippen LogP contribution in [-0.2, 0) is 10.5 Å². The number of ether oxygens (including phenoxy) is 2. The summed E-state index contributed by atoms with van der Waals surface area (Å²) in [7, 11) is 0. The van der Waals surface area contributed by atoms with Crippen molar-refractivity contribution in [2.75, 3.05) is 13.2 Å². The minimum absolute atomic E-state index is 0.326. The lowest BCUT2D eigenvalue weighted by molar-refractivity contribution is -0.138. The zero-order chi connectivity index (χ0) is 14.2. The van der Waals surface area contributed by atoms with Crippen LogP contribution < -0.4 is 9.47 Å². The molecular formula is C14H17FO4. The fourth-order valence-electron chi connectivity index (χ4n) is 2.11. The number of alkyl halides is 1. The summed E-state index contributed by atoms with van der Waals surface area (Å²) in [5.74, 6) is -0.862. The smallest absolute Gasteiger partial charge is 0.310 e. The number of carbonyl (C=O) groups is 1. The molecule has 0 amide bonds. The highest BCUT2D eigenvalue weighted by molar-refractivity contribution is 5.77. The third-order valence-corrected chi connectivity index (χ3v) is 3.19. The largest absolute Gasteiger partial charge is 0.486 e. The van der Waals surface area contributed by atoms with Gasteiger partial charge in [0.25, 0.3) is 0 Å². The van der Waals surface area contributed by atoms with Gasteiger partial charge in [0.2, 0.25) is 0 Å². The Morgan fingerprint density at radius 1 is 1.32 bits per heavy atom. The van der Waals surface area contributed by atoms with Crippen LogP contribution in [0, 0.1) is 0 Å². The molecule has 0 fully saturated rings. The molecule has 4 nitrogen and oxygen atoms in total. The molecule has 0 spiro atoms. The summed E-state index contributed by atoms with van der Waals surface area (Å²) in [5, 5.41) is 9.14. The first-order chi connectivity index (χ1) is 8.80. The lowest BCUT2D eigenvalue weighted by Crippen LogP contribution is -2.21. The number of carboxylic acids is 1. The van der Waals surface area contributed by atoms with Crippen LogP contribution >= 0.6 is 0 Å². The van der Waals surface area contributed by atoms with Crippen molar-refractivity contribution in [1.29, 1.82) is 0 Å². The van der Waals surface area contributed by atoms with Crippen molar-refractivity contribution in [2.24, 2.45) is 0 Å². The van der Waals surface area contributed by atoms with E-state index in [0.717, 1.165) is 0 Å². The van der Waals surface area contributed by atoms with Crippen LogP contribution in [0.3, 0.4) is 0 Å². The Labute approximate surface area is 111 Å². The Kier molecular flexibility index (Phi) is 3.39. The Bertz CT molecular complexity index is 505. The molecule has 0 aromatic heterocycles. The molecule has 1 N–H and O–H groups in total. The maximum atomic E-state index is 14.3. The number of halogens is 1. The van der Waals surface area contributed by atoms with Crippen LogP contribution in [0.25, 0.3) is 0 Å². The monoisotopic (exact) mass is 268 g/mol. The number of rotatable bonds is 3. The number of hydrogen-bond donors (Lipinski definition) is 1. The van der Waals surface area contributed by atoms with Gasteiger partial charge in [0.1, 0.15) is 18.9 Å². The SMILES string of the molecule is CC(C(=O)O)c1cc2c(cc1C(C)(C)F)OCCO2. The molecule has 1 aliphatic rings. The average Bonchev–Trinajstić information content (AvgIpc) is 2.35. The predicted molar refractivity (Wildman–Crippen MR) is 67.6 cm³/mol. The standard InChI is InChI=1S/C14H17FO4/c1-8(13(16)17)9-6-11-12(19-5-4-18-11)7-10(9)14(2,3)15/h6-8H,4-5H2,1-3H3,(H,16,17). The van der Waals surface area contributed by atoms with Crippen molar-refractivity contribution in [3.05, 3.63) is 23.3 Å². The van der Waals surface area contributed by atoms with Gasteiger partial charge in [-0.3, -0.25) is 4.79 Å². The van der Waals surface area contributed by atoms with Gasteiger partial charge in [-0.25, -0.2) is 4.39 Å². The van der Waals surface area contributed by atoms with E-state index < -0.39 is 17.6 Å². The Hall–Kier alpha value is -1.78. The molecule has 104 valence electrons. The maximum absolute atomic E-state index is 14.3. The zero-order valence-electron chi connectivity index (χ0n) is 11.2. The molecule has 1 aromatic rings. The average molecular weight is 268 g/mol. The first-order valence-electron chi connectivity index (χ1n) is 6.16. The number of aliphatic carboxylic acids is 1. The van der Waals surface area contributed by atoms with Crippen LogP contribution in [0.15, 0.2) is 12.1 Å². The van der Waals surface area contributed by atoms with E-state index in [1.807, 2.05) is 0 Å². The van der Waals surface area contributed by atoms with Gasteiger partial charge in [0.15, 0.2) is 11.5 Å². The second-order valence-electron chi connectivity index (χ2n) is 5.12. The number of hydrogen-bond acceptors (Lipinski definition) is 3. The fraction of sp³-hybridized carbons (Fsp3) is 0.500. The number of carboxylic acid groups (broad SMARTS) is 1. The molecule has 1 unspecified atom stereocenters. The first kappa shape index (κ1) is 13.6. The summed E-state index contributed by atoms with van der Waals surface area (Å²) >= 11 is 0. The fourth-order valence-corrected chi connectivity index (χ4v) is 2.11. The van der Waals surface area contributed by atoms with Crippen molar-refractivity contribution in [3.8, 4) is 11.5 Å². The summed E-state index contributed by atoms with van der Waals surface area (Å²) < 4.78 is 25.1. The van der Waals surface area contributed by atoms with Crippen LogP contribution in [0.5, 0.6) is 11.5 Å². The second-order valence-corrected chi connectivity index (χ2v) is 5.12. The first-order valence-corrected chi connectivity index (χ1v) is 6.16. The van der Waals surface area contributed by atoms with Gasteiger partial charge in [-0.1, -0.05) is 0 Å². The Morgan fingerprint density at radius 2 is 1.84 bits per heavy atom. The third kappa shape index (κ3) is 2.64. The van der Waals surface area contributed by atoms with Crippen LogP contribution in [0.2, 0.25) is 0 Å². The summed E-state index contributed by atoms with van der Waals surface area (Å²) in [4.78, 5) is 11.2. The molecule has 0 bridgehead atoms. The van der Waals surface area contributed by atoms with E-state index in [4.69, 9.17) is 14.6 Å². The van der Waals surface area contributed by atoms with Gasteiger partial charge >= 0.3 is 5.97 Å². The summed E-state index contributed by atoms with van der Waals surface area (Å²) in [6, 6.07) is 3.12. The normalized spacial score (nSPS) is 16.0. The molecule has 5 heteroatoms. The molecule has 1 atom stereocenters. The highest BCUT2D eigenvalue weighted by atomic mass is 19.1. The summed E-state index contributed by atoms with van der Waals surface area (Å²) in [5.41, 5.74) is -0.898. The van der Waals surface area contributed by atoms with Gasteiger partial charge in [-0.2, -0.15) is 0 Å². The molecule has 0 radical (unpaired) electrons. The molecule has 0 saturated carbocycles. The lowest BCUT2D eigenvalue weighted by atomic mass is 9.87. The van der Waals surface area contributed by atoms with Crippen LogP contribution in [-0.4, -0.2) is 24.3 Å². The molecule has 0 saturated heterocycles. The van der Waals surface area contributed by atoms with Crippen molar-refractivity contribution < 1.29 is 23.8 Å². The Morgan fingerprint density at radius 3 is 2.32 bits per heavy atom. The van der Waals surface area contributed by atoms with Gasteiger partial charge in [0, 0.05) is 0 Å². The highest BCUT2D eigenvalue weighted by Gasteiger charge is 2.30. The third-order valence-electron chi connectivity index (χ3n) is 3.19. The van der Waals surface area contributed by atoms with E-state index in [0.29, 0.717) is 35.8 Å². The van der Waals surface area contributed by atoms with E-state index >= 15 is 0 Å². The number of benzene rings is 1.